The van der Waals surface area contributed by atoms with Gasteiger partial charge in [0.05, 0.1) is 17.7 Å². The van der Waals surface area contributed by atoms with E-state index >= 15 is 0 Å². The van der Waals surface area contributed by atoms with E-state index in [1.165, 1.54) is 23.1 Å². The van der Waals surface area contributed by atoms with Crippen LogP contribution in [0.5, 0.6) is 0 Å². The molecule has 5 nitrogen and oxygen atoms in total. The predicted molar refractivity (Wildman–Crippen MR) is 118 cm³/mol. The molecular weight excluding hydrogens is 390 g/mol. The third-order valence-electron chi connectivity index (χ3n) is 4.79. The molecule has 3 rings (SSSR count). The van der Waals surface area contributed by atoms with E-state index in [-0.39, 0.29) is 23.3 Å². The van der Waals surface area contributed by atoms with Crippen molar-refractivity contribution >= 4 is 39.2 Å². The van der Waals surface area contributed by atoms with Crippen molar-refractivity contribution < 1.29 is 4.79 Å². The minimum atomic E-state index is -0.0431. The van der Waals surface area contributed by atoms with Gasteiger partial charge < -0.3 is 5.32 Å². The number of carbonyl (C=O) groups is 1. The summed E-state index contributed by atoms with van der Waals surface area (Å²) in [4.78, 5) is 32.1. The lowest BCUT2D eigenvalue weighted by atomic mass is 10.2. The summed E-state index contributed by atoms with van der Waals surface area (Å²) in [6.07, 6.45) is 0.882. The second kappa shape index (κ2) is 8.92. The first-order chi connectivity index (χ1) is 13.4. The maximum Gasteiger partial charge on any atom is 0.263 e. The zero-order valence-corrected chi connectivity index (χ0v) is 18.2. The Balaban J connectivity index is 1.98. The summed E-state index contributed by atoms with van der Waals surface area (Å²) in [7, 11) is 0. The van der Waals surface area contributed by atoms with Crippen LogP contribution < -0.4 is 10.9 Å². The van der Waals surface area contributed by atoms with Gasteiger partial charge in [-0.25, -0.2) is 4.98 Å². The van der Waals surface area contributed by atoms with E-state index in [0.717, 1.165) is 27.3 Å². The molecule has 0 radical (unpaired) electrons. The molecule has 7 heteroatoms. The molecule has 1 atom stereocenters. The van der Waals surface area contributed by atoms with E-state index in [1.54, 1.807) is 4.57 Å². The number of thioether (sulfide) groups is 1. The fraction of sp³-hybridized carbons (Fsp3) is 0.381. The van der Waals surface area contributed by atoms with E-state index in [1.807, 2.05) is 58.0 Å². The highest BCUT2D eigenvalue weighted by molar-refractivity contribution is 7.99. The van der Waals surface area contributed by atoms with Gasteiger partial charge in [0.15, 0.2) is 5.16 Å². The van der Waals surface area contributed by atoms with Crippen molar-refractivity contribution in [2.75, 3.05) is 5.75 Å². The Labute approximate surface area is 173 Å². The number of fused-ring (bicyclic) bond motifs is 1. The number of aromatic nitrogens is 2. The van der Waals surface area contributed by atoms with E-state index in [0.29, 0.717) is 17.1 Å². The molecule has 3 aromatic rings. The standard InChI is InChI=1S/C21H25N3O2S2/c1-5-13(2)22-17(25)12-27-21-23-19-18(14(3)15(4)28-19)20(26)24(21)11-16-9-7-6-8-10-16/h6-10,13H,5,11-12H2,1-4H3,(H,22,25). The molecular formula is C21H25N3O2S2. The van der Waals surface area contributed by atoms with E-state index in [2.05, 4.69) is 5.32 Å². The van der Waals surface area contributed by atoms with Crippen LogP contribution in [0.4, 0.5) is 0 Å². The Hall–Kier alpha value is -2.12. The molecule has 1 unspecified atom stereocenters. The third-order valence-corrected chi connectivity index (χ3v) is 6.87. The number of benzene rings is 1. The predicted octanol–water partition coefficient (Wildman–Crippen LogP) is 4.13. The highest BCUT2D eigenvalue weighted by atomic mass is 32.2. The molecule has 1 N–H and O–H groups in total. The van der Waals surface area contributed by atoms with Crippen molar-refractivity contribution in [1.82, 2.24) is 14.9 Å². The lowest BCUT2D eigenvalue weighted by molar-refractivity contribution is -0.119. The summed E-state index contributed by atoms with van der Waals surface area (Å²) in [5.41, 5.74) is 1.98. The number of carbonyl (C=O) groups excluding carboxylic acids is 1. The van der Waals surface area contributed by atoms with Crippen molar-refractivity contribution in [3.05, 3.63) is 56.7 Å². The Morgan fingerprint density at radius 2 is 2.00 bits per heavy atom. The number of nitrogens with zero attached hydrogens (tertiary/aromatic N) is 2. The summed E-state index contributed by atoms with van der Waals surface area (Å²) in [5.74, 6) is 0.193. The molecule has 1 aromatic carbocycles. The molecule has 0 spiro atoms. The highest BCUT2D eigenvalue weighted by Crippen LogP contribution is 2.28. The van der Waals surface area contributed by atoms with Crippen LogP contribution in [-0.4, -0.2) is 27.3 Å². The van der Waals surface area contributed by atoms with Gasteiger partial charge in [-0.1, -0.05) is 49.0 Å². The van der Waals surface area contributed by atoms with Gasteiger partial charge in [-0.15, -0.1) is 11.3 Å². The summed E-state index contributed by atoms with van der Waals surface area (Å²) in [6.45, 7) is 8.43. The molecule has 0 aliphatic carbocycles. The van der Waals surface area contributed by atoms with Crippen LogP contribution in [0, 0.1) is 13.8 Å². The average molecular weight is 416 g/mol. The fourth-order valence-electron chi connectivity index (χ4n) is 2.87. The second-order valence-corrected chi connectivity index (χ2v) is 9.05. The maximum atomic E-state index is 13.3. The van der Waals surface area contributed by atoms with Crippen molar-refractivity contribution in [2.45, 2.75) is 51.9 Å². The Morgan fingerprint density at radius 3 is 2.68 bits per heavy atom. The summed E-state index contributed by atoms with van der Waals surface area (Å²) in [6, 6.07) is 9.99. The van der Waals surface area contributed by atoms with Gasteiger partial charge in [-0.3, -0.25) is 14.2 Å². The smallest absolute Gasteiger partial charge is 0.263 e. The van der Waals surface area contributed by atoms with Crippen molar-refractivity contribution in [2.24, 2.45) is 0 Å². The van der Waals surface area contributed by atoms with Crippen molar-refractivity contribution in [3.63, 3.8) is 0 Å². The summed E-state index contributed by atoms with van der Waals surface area (Å²) in [5, 5.41) is 4.23. The molecule has 0 saturated carbocycles. The van der Waals surface area contributed by atoms with Gasteiger partial charge in [0.2, 0.25) is 5.91 Å². The topological polar surface area (TPSA) is 64.0 Å². The normalized spacial score (nSPS) is 12.3. The number of rotatable bonds is 7. The zero-order chi connectivity index (χ0) is 20.3. The van der Waals surface area contributed by atoms with E-state index < -0.39 is 0 Å². The number of hydrogen-bond donors (Lipinski definition) is 1. The molecule has 1 amide bonds. The summed E-state index contributed by atoms with van der Waals surface area (Å²) < 4.78 is 1.69. The number of amides is 1. The van der Waals surface area contributed by atoms with Crippen LogP contribution in [0.1, 0.15) is 36.3 Å². The Bertz CT molecular complexity index is 1040. The van der Waals surface area contributed by atoms with Crippen LogP contribution in [-0.2, 0) is 11.3 Å². The first-order valence-corrected chi connectivity index (χ1v) is 11.2. The Kier molecular flexibility index (Phi) is 6.57. The van der Waals surface area contributed by atoms with Crippen LogP contribution >= 0.6 is 23.1 Å². The third kappa shape index (κ3) is 4.47. The van der Waals surface area contributed by atoms with Gasteiger partial charge in [0, 0.05) is 10.9 Å². The molecule has 0 aliphatic rings. The quantitative estimate of drug-likeness (QED) is 0.465. The number of hydrogen-bond acceptors (Lipinski definition) is 5. The molecule has 0 saturated heterocycles. The lowest BCUT2D eigenvalue weighted by Crippen LogP contribution is -2.33. The molecule has 0 fully saturated rings. The van der Waals surface area contributed by atoms with Crippen LogP contribution in [0.15, 0.2) is 40.3 Å². The maximum absolute atomic E-state index is 13.3. The molecule has 148 valence electrons. The monoisotopic (exact) mass is 415 g/mol. The SMILES string of the molecule is CCC(C)NC(=O)CSc1nc2sc(C)c(C)c2c(=O)n1Cc1ccccc1. The minimum absolute atomic E-state index is 0.0412. The first-order valence-electron chi connectivity index (χ1n) is 9.37. The van der Waals surface area contributed by atoms with Crippen molar-refractivity contribution in [1.29, 1.82) is 0 Å². The molecule has 0 aliphatic heterocycles. The fourth-order valence-corrected chi connectivity index (χ4v) is 4.75. The van der Waals surface area contributed by atoms with E-state index in [9.17, 15) is 9.59 Å². The number of nitrogens with one attached hydrogen (secondary N) is 1. The van der Waals surface area contributed by atoms with Gasteiger partial charge in [0.25, 0.3) is 5.56 Å². The minimum Gasteiger partial charge on any atom is -0.353 e. The molecule has 2 heterocycles. The van der Waals surface area contributed by atoms with Crippen LogP contribution in [0.2, 0.25) is 0 Å². The van der Waals surface area contributed by atoms with Gasteiger partial charge in [-0.05, 0) is 38.3 Å². The highest BCUT2D eigenvalue weighted by Gasteiger charge is 2.18. The van der Waals surface area contributed by atoms with Crippen LogP contribution in [0.25, 0.3) is 10.2 Å². The lowest BCUT2D eigenvalue weighted by Gasteiger charge is -2.14. The number of aryl methyl sites for hydroxylation is 2. The molecule has 0 bridgehead atoms. The van der Waals surface area contributed by atoms with Gasteiger partial charge in [-0.2, -0.15) is 0 Å². The Morgan fingerprint density at radius 1 is 1.29 bits per heavy atom. The second-order valence-electron chi connectivity index (χ2n) is 6.90. The molecule has 28 heavy (non-hydrogen) atoms. The number of thiophene rings is 1. The molecule has 2 aromatic heterocycles. The van der Waals surface area contributed by atoms with Gasteiger partial charge in [0.1, 0.15) is 4.83 Å². The first kappa shape index (κ1) is 20.6. The van der Waals surface area contributed by atoms with Crippen molar-refractivity contribution in [3.8, 4) is 0 Å². The van der Waals surface area contributed by atoms with Crippen LogP contribution in [0.3, 0.4) is 0 Å². The average Bonchev–Trinajstić information content (AvgIpc) is 2.97. The largest absolute Gasteiger partial charge is 0.353 e. The van der Waals surface area contributed by atoms with E-state index in [4.69, 9.17) is 4.98 Å². The zero-order valence-electron chi connectivity index (χ0n) is 16.6. The summed E-state index contributed by atoms with van der Waals surface area (Å²) >= 11 is 2.85. The van der Waals surface area contributed by atoms with Gasteiger partial charge >= 0.3 is 0 Å².